The Hall–Kier alpha value is -2.36. The van der Waals surface area contributed by atoms with Gasteiger partial charge < -0.3 is 10.2 Å². The quantitative estimate of drug-likeness (QED) is 0.920. The van der Waals surface area contributed by atoms with E-state index >= 15 is 0 Å². The van der Waals surface area contributed by atoms with Gasteiger partial charge in [0.1, 0.15) is 5.82 Å². The van der Waals surface area contributed by atoms with E-state index in [1.165, 1.54) is 18.4 Å². The fraction of sp³-hybridized carbons (Fsp3) is 0.429. The largest absolute Gasteiger partial charge is 0.357 e. The van der Waals surface area contributed by atoms with Crippen LogP contribution in [-0.4, -0.2) is 24.0 Å². The van der Waals surface area contributed by atoms with Crippen molar-refractivity contribution in [2.45, 2.75) is 45.6 Å². The maximum absolute atomic E-state index is 12.3. The molecule has 0 aliphatic carbocycles. The molecule has 2 aromatic rings. The van der Waals surface area contributed by atoms with Crippen molar-refractivity contribution in [2.24, 2.45) is 0 Å². The Kier molecular flexibility index (Phi) is 5.07. The maximum atomic E-state index is 12.3. The fourth-order valence-corrected chi connectivity index (χ4v) is 3.06. The molecule has 0 unspecified atom stereocenters. The van der Waals surface area contributed by atoms with Crippen LogP contribution in [0.5, 0.6) is 0 Å². The van der Waals surface area contributed by atoms with E-state index in [1.54, 1.807) is 0 Å². The fourth-order valence-electron chi connectivity index (χ4n) is 3.06. The molecule has 1 saturated heterocycles. The van der Waals surface area contributed by atoms with Gasteiger partial charge in [0.2, 0.25) is 0 Å². The molecule has 0 bridgehead atoms. The number of nitrogens with zero attached hydrogens (tertiary/aromatic N) is 2. The molecule has 4 nitrogen and oxygen atoms in total. The summed E-state index contributed by atoms with van der Waals surface area (Å²) in [6.07, 6.45) is 4.34. The lowest BCUT2D eigenvalue weighted by atomic mass is 9.87. The molecule has 1 aromatic heterocycles. The molecule has 1 aliphatic heterocycles. The van der Waals surface area contributed by atoms with Gasteiger partial charge in [-0.05, 0) is 47.6 Å². The molecule has 2 heterocycles. The molecule has 25 heavy (non-hydrogen) atoms. The lowest BCUT2D eigenvalue weighted by Crippen LogP contribution is -2.23. The Labute approximate surface area is 150 Å². The monoisotopic (exact) mass is 337 g/mol. The van der Waals surface area contributed by atoms with E-state index in [9.17, 15) is 4.79 Å². The van der Waals surface area contributed by atoms with E-state index < -0.39 is 0 Å². The van der Waals surface area contributed by atoms with E-state index in [2.05, 4.69) is 36.0 Å². The zero-order chi connectivity index (χ0) is 17.9. The van der Waals surface area contributed by atoms with Crippen LogP contribution in [0.4, 0.5) is 5.82 Å². The molecule has 0 spiro atoms. The number of carbonyl (C=O) groups is 1. The highest BCUT2D eigenvalue weighted by Crippen LogP contribution is 2.22. The van der Waals surface area contributed by atoms with Gasteiger partial charge >= 0.3 is 0 Å². The molecular weight excluding hydrogens is 310 g/mol. The number of nitrogens with one attached hydrogen (secondary N) is 1. The number of pyridine rings is 1. The van der Waals surface area contributed by atoms with Crippen LogP contribution in [0.3, 0.4) is 0 Å². The molecule has 1 amide bonds. The molecule has 0 saturated carbocycles. The van der Waals surface area contributed by atoms with Crippen LogP contribution in [0.15, 0.2) is 42.6 Å². The van der Waals surface area contributed by atoms with E-state index in [0.717, 1.165) is 24.5 Å². The van der Waals surface area contributed by atoms with Crippen molar-refractivity contribution in [3.63, 3.8) is 0 Å². The predicted molar refractivity (Wildman–Crippen MR) is 102 cm³/mol. The second-order valence-electron chi connectivity index (χ2n) is 7.73. The third-order valence-corrected chi connectivity index (χ3v) is 4.71. The first-order valence-corrected chi connectivity index (χ1v) is 9.02. The SMILES string of the molecule is CC(C)(C)c1ccc(C(=O)NCc2ccc(N3CCCC3)nc2)cc1. The Balaban J connectivity index is 1.56. The highest BCUT2D eigenvalue weighted by molar-refractivity contribution is 5.94. The molecule has 1 aliphatic rings. The van der Waals surface area contributed by atoms with Crippen LogP contribution in [0.2, 0.25) is 0 Å². The number of anilines is 1. The number of carbonyl (C=O) groups excluding carboxylic acids is 1. The number of hydrogen-bond acceptors (Lipinski definition) is 3. The summed E-state index contributed by atoms with van der Waals surface area (Å²) in [5.41, 5.74) is 3.03. The second-order valence-corrected chi connectivity index (χ2v) is 7.73. The Morgan fingerprint density at radius 1 is 1.08 bits per heavy atom. The number of aromatic nitrogens is 1. The van der Waals surface area contributed by atoms with Gasteiger partial charge in [-0.3, -0.25) is 4.79 Å². The van der Waals surface area contributed by atoms with Gasteiger partial charge in [0.15, 0.2) is 0 Å². The van der Waals surface area contributed by atoms with Gasteiger partial charge in [0, 0.05) is 31.4 Å². The Morgan fingerprint density at radius 3 is 2.32 bits per heavy atom. The summed E-state index contributed by atoms with van der Waals surface area (Å²) in [5, 5.41) is 2.97. The van der Waals surface area contributed by atoms with Gasteiger partial charge in [-0.15, -0.1) is 0 Å². The standard InChI is InChI=1S/C21H27N3O/c1-21(2,3)18-9-7-17(8-10-18)20(25)23-15-16-6-11-19(22-14-16)24-12-4-5-13-24/h6-11,14H,4-5,12-13,15H2,1-3H3,(H,23,25). The molecule has 1 N–H and O–H groups in total. The molecular formula is C21H27N3O. The lowest BCUT2D eigenvalue weighted by Gasteiger charge is -2.19. The van der Waals surface area contributed by atoms with Crippen molar-refractivity contribution in [1.29, 1.82) is 0 Å². The van der Waals surface area contributed by atoms with Gasteiger partial charge in [-0.2, -0.15) is 0 Å². The predicted octanol–water partition coefficient (Wildman–Crippen LogP) is 3.91. The minimum atomic E-state index is -0.0518. The zero-order valence-corrected chi connectivity index (χ0v) is 15.4. The van der Waals surface area contributed by atoms with Gasteiger partial charge in [0.05, 0.1) is 0 Å². The van der Waals surface area contributed by atoms with E-state index in [0.29, 0.717) is 12.1 Å². The van der Waals surface area contributed by atoms with Crippen molar-refractivity contribution in [3.05, 3.63) is 59.3 Å². The first kappa shape index (κ1) is 17.5. The van der Waals surface area contributed by atoms with Crippen molar-refractivity contribution in [1.82, 2.24) is 10.3 Å². The first-order valence-electron chi connectivity index (χ1n) is 9.02. The molecule has 132 valence electrons. The molecule has 3 rings (SSSR count). The summed E-state index contributed by atoms with van der Waals surface area (Å²) >= 11 is 0. The van der Waals surface area contributed by atoms with Crippen molar-refractivity contribution in [2.75, 3.05) is 18.0 Å². The Morgan fingerprint density at radius 2 is 1.76 bits per heavy atom. The van der Waals surface area contributed by atoms with E-state index in [4.69, 9.17) is 0 Å². The van der Waals surface area contributed by atoms with Crippen LogP contribution in [-0.2, 0) is 12.0 Å². The Bertz CT molecular complexity index is 708. The van der Waals surface area contributed by atoms with Crippen LogP contribution in [0.1, 0.15) is 55.1 Å². The zero-order valence-electron chi connectivity index (χ0n) is 15.4. The van der Waals surface area contributed by atoms with Crippen molar-refractivity contribution < 1.29 is 4.79 Å². The summed E-state index contributed by atoms with van der Waals surface area (Å²) in [4.78, 5) is 19.1. The van der Waals surface area contributed by atoms with Gasteiger partial charge in [0.25, 0.3) is 5.91 Å². The maximum Gasteiger partial charge on any atom is 0.251 e. The van der Waals surface area contributed by atoms with Crippen LogP contribution in [0.25, 0.3) is 0 Å². The van der Waals surface area contributed by atoms with Crippen LogP contribution >= 0.6 is 0 Å². The van der Waals surface area contributed by atoms with Gasteiger partial charge in [-0.1, -0.05) is 39.0 Å². The lowest BCUT2D eigenvalue weighted by molar-refractivity contribution is 0.0951. The minimum absolute atomic E-state index is 0.0518. The normalized spacial score (nSPS) is 14.6. The summed E-state index contributed by atoms with van der Waals surface area (Å²) in [7, 11) is 0. The van der Waals surface area contributed by atoms with Crippen molar-refractivity contribution in [3.8, 4) is 0 Å². The second kappa shape index (κ2) is 7.26. The van der Waals surface area contributed by atoms with Gasteiger partial charge in [-0.25, -0.2) is 4.98 Å². The highest BCUT2D eigenvalue weighted by Gasteiger charge is 2.15. The number of benzene rings is 1. The third kappa shape index (κ3) is 4.38. The molecule has 4 heteroatoms. The first-order chi connectivity index (χ1) is 11.9. The van der Waals surface area contributed by atoms with Crippen LogP contribution in [0, 0.1) is 0 Å². The third-order valence-electron chi connectivity index (χ3n) is 4.71. The summed E-state index contributed by atoms with van der Waals surface area (Å²) in [6, 6.07) is 11.9. The molecule has 1 aromatic carbocycles. The van der Waals surface area contributed by atoms with E-state index in [-0.39, 0.29) is 11.3 Å². The average molecular weight is 337 g/mol. The van der Waals surface area contributed by atoms with Crippen LogP contribution < -0.4 is 10.2 Å². The summed E-state index contributed by atoms with van der Waals surface area (Å²) < 4.78 is 0. The van der Waals surface area contributed by atoms with Crippen molar-refractivity contribution >= 4 is 11.7 Å². The van der Waals surface area contributed by atoms with E-state index in [1.807, 2.05) is 42.6 Å². The molecule has 0 radical (unpaired) electrons. The average Bonchev–Trinajstić information content (AvgIpc) is 3.14. The smallest absolute Gasteiger partial charge is 0.251 e. The number of rotatable bonds is 4. The number of hydrogen-bond donors (Lipinski definition) is 1. The minimum Gasteiger partial charge on any atom is -0.357 e. The highest BCUT2D eigenvalue weighted by atomic mass is 16.1. The number of amides is 1. The molecule has 1 fully saturated rings. The molecule has 0 atom stereocenters. The summed E-state index contributed by atoms with van der Waals surface area (Å²) in [6.45, 7) is 9.18. The topological polar surface area (TPSA) is 45.2 Å². The summed E-state index contributed by atoms with van der Waals surface area (Å²) in [5.74, 6) is 0.981.